The van der Waals surface area contributed by atoms with Gasteiger partial charge in [0.05, 0.1) is 6.61 Å². The van der Waals surface area contributed by atoms with Crippen molar-refractivity contribution in [3.8, 4) is 0 Å². The smallest absolute Gasteiger partial charge is 0.375 e. The number of furan rings is 1. The van der Waals surface area contributed by atoms with E-state index >= 15 is 0 Å². The number of fused-ring (bicyclic) bond motifs is 1. The molecule has 3 aromatic rings. The van der Waals surface area contributed by atoms with Gasteiger partial charge in [0.25, 0.3) is 0 Å². The van der Waals surface area contributed by atoms with Crippen LogP contribution < -0.4 is 0 Å². The number of hydrogen-bond donors (Lipinski definition) is 0. The number of methoxy groups -OCH3 is 1. The van der Waals surface area contributed by atoms with Gasteiger partial charge < -0.3 is 13.9 Å². The SMILES string of the molecule is COCc1c(C(=O)O[C@@H](C)c2ccc(F)cc2)oc2ccccc12. The highest BCUT2D eigenvalue weighted by molar-refractivity contribution is 5.96. The van der Waals surface area contributed by atoms with Crippen LogP contribution in [0.4, 0.5) is 4.39 Å². The van der Waals surface area contributed by atoms with Gasteiger partial charge in [-0.2, -0.15) is 0 Å². The first-order chi connectivity index (χ1) is 11.6. The average molecular weight is 328 g/mol. The van der Waals surface area contributed by atoms with Crippen LogP contribution in [-0.2, 0) is 16.1 Å². The summed E-state index contributed by atoms with van der Waals surface area (Å²) in [5, 5.41) is 0.820. The van der Waals surface area contributed by atoms with Crippen molar-refractivity contribution >= 4 is 16.9 Å². The third kappa shape index (κ3) is 3.16. The number of benzene rings is 2. The standard InChI is InChI=1S/C19H17FO4/c1-12(13-7-9-14(20)10-8-13)23-19(21)18-16(11-22-2)15-5-3-4-6-17(15)24-18/h3-10,12H,11H2,1-2H3/t12-/m0/s1. The van der Waals surface area contributed by atoms with Crippen molar-refractivity contribution in [3.63, 3.8) is 0 Å². The zero-order valence-corrected chi connectivity index (χ0v) is 13.4. The molecule has 0 saturated carbocycles. The average Bonchev–Trinajstić information content (AvgIpc) is 2.95. The molecule has 0 aliphatic heterocycles. The first-order valence-corrected chi connectivity index (χ1v) is 7.56. The Hall–Kier alpha value is -2.66. The molecule has 1 aromatic heterocycles. The number of rotatable bonds is 5. The first kappa shape index (κ1) is 16.2. The summed E-state index contributed by atoms with van der Waals surface area (Å²) in [6, 6.07) is 13.2. The topological polar surface area (TPSA) is 48.7 Å². The van der Waals surface area contributed by atoms with Crippen LogP contribution in [0.2, 0.25) is 0 Å². The number of carbonyl (C=O) groups is 1. The van der Waals surface area contributed by atoms with Gasteiger partial charge in [-0.3, -0.25) is 0 Å². The van der Waals surface area contributed by atoms with Crippen LogP contribution in [0.1, 0.15) is 34.7 Å². The molecule has 0 bridgehead atoms. The molecule has 4 nitrogen and oxygen atoms in total. The van der Waals surface area contributed by atoms with Crippen LogP contribution in [0.5, 0.6) is 0 Å². The Kier molecular flexibility index (Phi) is 4.62. The van der Waals surface area contributed by atoms with Crippen molar-refractivity contribution in [2.45, 2.75) is 19.6 Å². The van der Waals surface area contributed by atoms with E-state index in [9.17, 15) is 9.18 Å². The lowest BCUT2D eigenvalue weighted by atomic mass is 10.1. The molecule has 0 fully saturated rings. The predicted octanol–water partition coefficient (Wildman–Crippen LogP) is 4.64. The summed E-state index contributed by atoms with van der Waals surface area (Å²) in [7, 11) is 1.55. The van der Waals surface area contributed by atoms with Crippen LogP contribution in [0.25, 0.3) is 11.0 Å². The monoisotopic (exact) mass is 328 g/mol. The van der Waals surface area contributed by atoms with Crippen molar-refractivity contribution in [1.29, 1.82) is 0 Å². The third-order valence-corrected chi connectivity index (χ3v) is 3.80. The molecule has 24 heavy (non-hydrogen) atoms. The Bertz CT molecular complexity index is 851. The predicted molar refractivity (Wildman–Crippen MR) is 87.2 cm³/mol. The number of hydrogen-bond acceptors (Lipinski definition) is 4. The summed E-state index contributed by atoms with van der Waals surface area (Å²) in [5.74, 6) is -0.779. The lowest BCUT2D eigenvalue weighted by Gasteiger charge is -2.13. The molecule has 2 aromatic carbocycles. The van der Waals surface area contributed by atoms with E-state index in [1.807, 2.05) is 18.2 Å². The summed E-state index contributed by atoms with van der Waals surface area (Å²) >= 11 is 0. The molecule has 0 aliphatic carbocycles. The van der Waals surface area contributed by atoms with Crippen LogP contribution in [0.3, 0.4) is 0 Å². The highest BCUT2D eigenvalue weighted by atomic mass is 19.1. The van der Waals surface area contributed by atoms with Crippen LogP contribution in [0.15, 0.2) is 52.9 Å². The van der Waals surface area contributed by atoms with Crippen molar-refractivity contribution in [2.24, 2.45) is 0 Å². The third-order valence-electron chi connectivity index (χ3n) is 3.80. The Morgan fingerprint density at radius 1 is 1.17 bits per heavy atom. The minimum Gasteiger partial charge on any atom is -0.452 e. The number of halogens is 1. The van der Waals surface area contributed by atoms with E-state index in [1.165, 1.54) is 12.1 Å². The van der Waals surface area contributed by atoms with E-state index in [1.54, 1.807) is 32.2 Å². The molecule has 3 rings (SSSR count). The molecule has 0 aliphatic rings. The Labute approximate surface area is 138 Å². The van der Waals surface area contributed by atoms with Gasteiger partial charge >= 0.3 is 5.97 Å². The van der Waals surface area contributed by atoms with Gasteiger partial charge in [-0.25, -0.2) is 9.18 Å². The largest absolute Gasteiger partial charge is 0.452 e. The number of ether oxygens (including phenoxy) is 2. The zero-order valence-electron chi connectivity index (χ0n) is 13.4. The fourth-order valence-electron chi connectivity index (χ4n) is 2.57. The van der Waals surface area contributed by atoms with Gasteiger partial charge in [0, 0.05) is 18.1 Å². The molecule has 1 atom stereocenters. The van der Waals surface area contributed by atoms with Crippen molar-refractivity contribution in [2.75, 3.05) is 7.11 Å². The molecular weight excluding hydrogens is 311 g/mol. The van der Waals surface area contributed by atoms with E-state index in [4.69, 9.17) is 13.9 Å². The van der Waals surface area contributed by atoms with Crippen LogP contribution in [0, 0.1) is 5.82 Å². The Morgan fingerprint density at radius 3 is 2.58 bits per heavy atom. The van der Waals surface area contributed by atoms with Crippen LogP contribution >= 0.6 is 0 Å². The second kappa shape index (κ2) is 6.84. The maximum atomic E-state index is 13.0. The lowest BCUT2D eigenvalue weighted by Crippen LogP contribution is -2.10. The maximum Gasteiger partial charge on any atom is 0.375 e. The Balaban J connectivity index is 1.88. The molecule has 0 N–H and O–H groups in total. The quantitative estimate of drug-likeness (QED) is 0.640. The molecule has 5 heteroatoms. The molecule has 0 amide bonds. The molecule has 124 valence electrons. The number of carbonyl (C=O) groups excluding carboxylic acids is 1. The van der Waals surface area contributed by atoms with Gasteiger partial charge in [-0.05, 0) is 30.7 Å². The summed E-state index contributed by atoms with van der Waals surface area (Å²) in [5.41, 5.74) is 1.96. The molecule has 0 saturated heterocycles. The van der Waals surface area contributed by atoms with Crippen molar-refractivity contribution in [3.05, 3.63) is 71.2 Å². The van der Waals surface area contributed by atoms with Gasteiger partial charge in [-0.1, -0.05) is 30.3 Å². The number of para-hydroxylation sites is 1. The fraction of sp³-hybridized carbons (Fsp3) is 0.211. The van der Waals surface area contributed by atoms with Gasteiger partial charge in [0.1, 0.15) is 17.5 Å². The molecule has 0 unspecified atom stereocenters. The van der Waals surface area contributed by atoms with Crippen molar-refractivity contribution in [1.82, 2.24) is 0 Å². The minimum absolute atomic E-state index is 0.131. The van der Waals surface area contributed by atoms with E-state index in [-0.39, 0.29) is 18.2 Å². The highest BCUT2D eigenvalue weighted by Gasteiger charge is 2.23. The summed E-state index contributed by atoms with van der Waals surface area (Å²) in [6.45, 7) is 1.97. The second-order valence-corrected chi connectivity index (χ2v) is 5.44. The van der Waals surface area contributed by atoms with Gasteiger partial charge in [0.2, 0.25) is 5.76 Å². The zero-order chi connectivity index (χ0) is 17.1. The highest BCUT2D eigenvalue weighted by Crippen LogP contribution is 2.28. The van der Waals surface area contributed by atoms with E-state index < -0.39 is 12.1 Å². The van der Waals surface area contributed by atoms with Crippen LogP contribution in [-0.4, -0.2) is 13.1 Å². The molecular formula is C19H17FO4. The van der Waals surface area contributed by atoms with E-state index in [0.29, 0.717) is 16.7 Å². The van der Waals surface area contributed by atoms with E-state index in [0.717, 1.165) is 5.39 Å². The van der Waals surface area contributed by atoms with Gasteiger partial charge in [-0.15, -0.1) is 0 Å². The Morgan fingerprint density at radius 2 is 1.88 bits per heavy atom. The van der Waals surface area contributed by atoms with E-state index in [2.05, 4.69) is 0 Å². The maximum absolute atomic E-state index is 13.0. The number of esters is 1. The molecule has 0 radical (unpaired) electrons. The molecule has 1 heterocycles. The fourth-order valence-corrected chi connectivity index (χ4v) is 2.57. The lowest BCUT2D eigenvalue weighted by molar-refractivity contribution is 0.0298. The molecule has 0 spiro atoms. The first-order valence-electron chi connectivity index (χ1n) is 7.56. The minimum atomic E-state index is -0.574. The summed E-state index contributed by atoms with van der Waals surface area (Å²) < 4.78 is 29.3. The normalized spacial score (nSPS) is 12.3. The van der Waals surface area contributed by atoms with Crippen molar-refractivity contribution < 1.29 is 23.1 Å². The summed E-state index contributed by atoms with van der Waals surface area (Å²) in [6.07, 6.45) is -0.526. The summed E-state index contributed by atoms with van der Waals surface area (Å²) in [4.78, 5) is 12.5. The second-order valence-electron chi connectivity index (χ2n) is 5.44. The van der Waals surface area contributed by atoms with Gasteiger partial charge in [0.15, 0.2) is 0 Å².